The van der Waals surface area contributed by atoms with E-state index in [9.17, 15) is 9.18 Å². The van der Waals surface area contributed by atoms with Gasteiger partial charge in [0, 0.05) is 30.2 Å². The lowest BCUT2D eigenvalue weighted by Crippen LogP contribution is -2.30. The number of hydrogen-bond donors (Lipinski definition) is 2. The van der Waals surface area contributed by atoms with E-state index in [1.54, 1.807) is 12.1 Å². The van der Waals surface area contributed by atoms with Gasteiger partial charge in [-0.1, -0.05) is 7.43 Å². The average molecular weight is 378 g/mol. The van der Waals surface area contributed by atoms with Crippen LogP contribution in [0.2, 0.25) is 0 Å². The van der Waals surface area contributed by atoms with E-state index in [0.29, 0.717) is 18.4 Å². The summed E-state index contributed by atoms with van der Waals surface area (Å²) in [4.78, 5) is 17.0. The van der Waals surface area contributed by atoms with Crippen molar-refractivity contribution in [1.82, 2.24) is 15.2 Å². The number of ether oxygens (including phenoxy) is 1. The Morgan fingerprint density at radius 2 is 2.22 bits per heavy atom. The Morgan fingerprint density at radius 1 is 1.44 bits per heavy atom. The fraction of sp³-hybridized carbons (Fsp3) is 0.571. The predicted octanol–water partition coefficient (Wildman–Crippen LogP) is 4.50. The highest BCUT2D eigenvalue weighted by molar-refractivity contribution is 5.84. The lowest BCUT2D eigenvalue weighted by atomic mass is 10.1. The number of halogens is 1. The molecule has 6 heteroatoms. The molecule has 1 heterocycles. The number of alkyl carbamates (subject to hydrolysis) is 1. The molecule has 1 amide bonds. The highest BCUT2D eigenvalue weighted by Crippen LogP contribution is 2.49. The highest BCUT2D eigenvalue weighted by Gasteiger charge is 2.40. The van der Waals surface area contributed by atoms with Gasteiger partial charge < -0.3 is 19.9 Å². The van der Waals surface area contributed by atoms with Crippen molar-refractivity contribution in [2.24, 2.45) is 5.92 Å². The van der Waals surface area contributed by atoms with E-state index >= 15 is 0 Å². The van der Waals surface area contributed by atoms with Crippen LogP contribution in [0.3, 0.4) is 0 Å². The van der Waals surface area contributed by atoms with Gasteiger partial charge in [0.2, 0.25) is 0 Å². The zero-order valence-electron chi connectivity index (χ0n) is 15.7. The molecule has 2 atom stereocenters. The minimum Gasteiger partial charge on any atom is -0.447 e. The zero-order valence-corrected chi connectivity index (χ0v) is 15.7. The molecule has 2 aromatic rings. The fourth-order valence-electron chi connectivity index (χ4n) is 3.54. The van der Waals surface area contributed by atoms with Crippen molar-refractivity contribution in [3.05, 3.63) is 35.8 Å². The second-order valence-electron chi connectivity index (χ2n) is 7.53. The Labute approximate surface area is 161 Å². The number of hydrogen-bond acceptors (Lipinski definition) is 3. The van der Waals surface area contributed by atoms with Gasteiger partial charge in [-0.15, -0.1) is 0 Å². The first-order valence-electron chi connectivity index (χ1n) is 9.33. The van der Waals surface area contributed by atoms with E-state index in [-0.39, 0.29) is 25.4 Å². The lowest BCUT2D eigenvalue weighted by Gasteiger charge is -2.17. The number of rotatable bonds is 8. The van der Waals surface area contributed by atoms with Crippen molar-refractivity contribution in [2.45, 2.75) is 46.1 Å². The summed E-state index contributed by atoms with van der Waals surface area (Å²) in [7, 11) is 2.11. The Morgan fingerprint density at radius 3 is 2.96 bits per heavy atom. The van der Waals surface area contributed by atoms with E-state index in [4.69, 9.17) is 4.74 Å². The quantitative estimate of drug-likeness (QED) is 0.666. The van der Waals surface area contributed by atoms with Crippen LogP contribution in [-0.2, 0) is 4.74 Å². The maximum atomic E-state index is 13.5. The van der Waals surface area contributed by atoms with E-state index in [1.807, 2.05) is 20.0 Å². The minimum atomic E-state index is -0.350. The molecular weight excluding hydrogens is 345 g/mol. The second-order valence-corrected chi connectivity index (χ2v) is 7.53. The summed E-state index contributed by atoms with van der Waals surface area (Å²) < 4.78 is 18.6. The maximum Gasteiger partial charge on any atom is 0.407 e. The smallest absolute Gasteiger partial charge is 0.407 e. The molecule has 1 fully saturated rings. The van der Waals surface area contributed by atoms with Crippen LogP contribution < -0.4 is 5.32 Å². The van der Waals surface area contributed by atoms with Crippen molar-refractivity contribution in [3.63, 3.8) is 0 Å². The van der Waals surface area contributed by atoms with Gasteiger partial charge in [-0.2, -0.15) is 0 Å². The van der Waals surface area contributed by atoms with E-state index < -0.39 is 0 Å². The van der Waals surface area contributed by atoms with Crippen LogP contribution in [0.25, 0.3) is 10.9 Å². The summed E-state index contributed by atoms with van der Waals surface area (Å²) in [5.41, 5.74) is 2.23. The molecule has 3 rings (SSSR count). The molecule has 5 nitrogen and oxygen atoms in total. The fourth-order valence-corrected chi connectivity index (χ4v) is 3.54. The van der Waals surface area contributed by atoms with Gasteiger partial charge in [0.05, 0.1) is 6.10 Å². The van der Waals surface area contributed by atoms with E-state index in [2.05, 4.69) is 22.2 Å². The topological polar surface area (TPSA) is 57.4 Å². The summed E-state index contributed by atoms with van der Waals surface area (Å²) >= 11 is 0. The summed E-state index contributed by atoms with van der Waals surface area (Å²) in [6.07, 6.45) is 3.62. The van der Waals surface area contributed by atoms with Crippen LogP contribution in [0.5, 0.6) is 0 Å². The minimum absolute atomic E-state index is 0. The third kappa shape index (κ3) is 5.70. The summed E-state index contributed by atoms with van der Waals surface area (Å²) in [5, 5.41) is 3.77. The average Bonchev–Trinajstić information content (AvgIpc) is 3.19. The molecule has 1 saturated carbocycles. The summed E-state index contributed by atoms with van der Waals surface area (Å²) in [6.45, 7) is 6.23. The number of benzene rings is 1. The number of amides is 1. The van der Waals surface area contributed by atoms with E-state index in [0.717, 1.165) is 36.8 Å². The highest BCUT2D eigenvalue weighted by atomic mass is 19.1. The van der Waals surface area contributed by atoms with Crippen molar-refractivity contribution in [1.29, 1.82) is 0 Å². The molecule has 2 unspecified atom stereocenters. The molecule has 0 spiro atoms. The molecule has 2 N–H and O–H groups in total. The van der Waals surface area contributed by atoms with Crippen LogP contribution in [0.15, 0.2) is 24.4 Å². The first-order chi connectivity index (χ1) is 12.4. The molecule has 1 aromatic heterocycles. The molecule has 0 radical (unpaired) electrons. The summed E-state index contributed by atoms with van der Waals surface area (Å²) in [6, 6.07) is 4.92. The first-order valence-corrected chi connectivity index (χ1v) is 9.33. The van der Waals surface area contributed by atoms with Crippen LogP contribution in [-0.4, -0.2) is 48.8 Å². The number of aromatic amines is 1. The number of nitrogens with zero attached hydrogens (tertiary/aromatic N) is 1. The number of carbonyl (C=O) groups excluding carboxylic acids is 1. The Balaban J connectivity index is 0.00000261. The second kappa shape index (κ2) is 9.22. The predicted molar refractivity (Wildman–Crippen MR) is 108 cm³/mol. The maximum absolute atomic E-state index is 13.5. The largest absolute Gasteiger partial charge is 0.447 e. The van der Waals surface area contributed by atoms with Crippen molar-refractivity contribution in [3.8, 4) is 0 Å². The summed E-state index contributed by atoms with van der Waals surface area (Å²) in [5.74, 6) is 0.935. The molecule has 27 heavy (non-hydrogen) atoms. The van der Waals surface area contributed by atoms with Crippen LogP contribution in [0, 0.1) is 11.7 Å². The monoisotopic (exact) mass is 377 g/mol. The number of carbonyl (C=O) groups is 1. The Bertz CT molecular complexity index is 759. The number of aromatic nitrogens is 1. The van der Waals surface area contributed by atoms with Crippen molar-refractivity contribution >= 4 is 17.0 Å². The molecule has 0 saturated heterocycles. The molecule has 0 aliphatic heterocycles. The van der Waals surface area contributed by atoms with Gasteiger partial charge in [0.1, 0.15) is 5.82 Å². The van der Waals surface area contributed by atoms with Gasteiger partial charge >= 0.3 is 6.09 Å². The van der Waals surface area contributed by atoms with Crippen molar-refractivity contribution in [2.75, 3.05) is 26.7 Å². The molecule has 1 aliphatic carbocycles. The molecule has 0 bridgehead atoms. The SMILES string of the molecule is C.CC(C)OC(=O)NCCCN(C)CC1CC1c1c[nH]c2ccc(F)cc12. The Kier molecular flexibility index (Phi) is 7.25. The molecule has 1 aliphatic rings. The third-order valence-corrected chi connectivity index (χ3v) is 4.87. The number of fused-ring (bicyclic) bond motifs is 1. The van der Waals surface area contributed by atoms with Gasteiger partial charge in [-0.05, 0) is 75.9 Å². The normalized spacial score (nSPS) is 18.6. The molecular formula is C21H32FN3O2. The van der Waals surface area contributed by atoms with Gasteiger partial charge in [-0.25, -0.2) is 9.18 Å². The lowest BCUT2D eigenvalue weighted by molar-refractivity contribution is 0.115. The van der Waals surface area contributed by atoms with E-state index in [1.165, 1.54) is 11.6 Å². The van der Waals surface area contributed by atoms with Gasteiger partial charge in [0.15, 0.2) is 0 Å². The standard InChI is InChI=1S/C20H28FN3O2.CH4/c1-13(2)26-20(25)22-7-4-8-24(3)12-14-9-16(14)18-11-23-19-6-5-15(21)10-17(18)19;/h5-6,10-11,13-14,16,23H,4,7-9,12H2,1-3H3,(H,22,25);1H4. The molecule has 150 valence electrons. The first kappa shape index (κ1) is 21.2. The van der Waals surface area contributed by atoms with Crippen LogP contribution >= 0.6 is 0 Å². The van der Waals surface area contributed by atoms with Crippen molar-refractivity contribution < 1.29 is 13.9 Å². The zero-order chi connectivity index (χ0) is 18.7. The van der Waals surface area contributed by atoms with Gasteiger partial charge in [0.25, 0.3) is 0 Å². The number of nitrogens with one attached hydrogen (secondary N) is 2. The Hall–Kier alpha value is -2.08. The molecule has 1 aromatic carbocycles. The third-order valence-electron chi connectivity index (χ3n) is 4.87. The number of H-pyrrole nitrogens is 1. The van der Waals surface area contributed by atoms with Crippen LogP contribution in [0.4, 0.5) is 9.18 Å². The van der Waals surface area contributed by atoms with Crippen LogP contribution in [0.1, 0.15) is 45.6 Å². The van der Waals surface area contributed by atoms with Gasteiger partial charge in [-0.3, -0.25) is 0 Å².